The lowest BCUT2D eigenvalue weighted by atomic mass is 9.80. The van der Waals surface area contributed by atoms with E-state index in [1.807, 2.05) is 0 Å². The molecule has 1 saturated carbocycles. The van der Waals surface area contributed by atoms with Gasteiger partial charge in [-0.15, -0.1) is 0 Å². The zero-order valence-electron chi connectivity index (χ0n) is 5.20. The lowest BCUT2D eigenvalue weighted by molar-refractivity contribution is 0.265. The predicted octanol–water partition coefficient (Wildman–Crippen LogP) is 1.03. The maximum absolute atomic E-state index is 7.94. The SMILES string of the molecule is [N-]=[N+]=NC[C@H]1CC[C@H]1N. The molecule has 0 radical (unpaired) electrons. The molecule has 0 bridgehead atoms. The van der Waals surface area contributed by atoms with E-state index in [0.29, 0.717) is 12.5 Å². The van der Waals surface area contributed by atoms with Crippen LogP contribution in [0.5, 0.6) is 0 Å². The number of hydrogen-bond donors (Lipinski definition) is 1. The van der Waals surface area contributed by atoms with Crippen LogP contribution in [0, 0.1) is 5.92 Å². The van der Waals surface area contributed by atoms with Gasteiger partial charge in [-0.05, 0) is 24.3 Å². The molecule has 1 rings (SSSR count). The van der Waals surface area contributed by atoms with Crippen LogP contribution in [0.4, 0.5) is 0 Å². The van der Waals surface area contributed by atoms with Gasteiger partial charge in [0.25, 0.3) is 0 Å². The molecule has 0 saturated heterocycles. The highest BCUT2D eigenvalue weighted by molar-refractivity contribution is 4.84. The molecule has 1 aliphatic carbocycles. The normalized spacial score (nSPS) is 32.6. The zero-order valence-corrected chi connectivity index (χ0v) is 5.20. The number of hydrogen-bond acceptors (Lipinski definition) is 2. The summed E-state index contributed by atoms with van der Waals surface area (Å²) < 4.78 is 0. The second-order valence-corrected chi connectivity index (χ2v) is 2.41. The summed E-state index contributed by atoms with van der Waals surface area (Å²) in [6.45, 7) is 0.581. The standard InChI is InChI=1S/C5H10N4/c6-5-2-1-4(5)3-8-9-7/h4-5H,1-3,6H2/t4-,5-/m1/s1. The van der Waals surface area contributed by atoms with Crippen molar-refractivity contribution in [3.63, 3.8) is 0 Å². The van der Waals surface area contributed by atoms with E-state index in [9.17, 15) is 0 Å². The fraction of sp³-hybridized carbons (Fsp3) is 1.00. The van der Waals surface area contributed by atoms with Gasteiger partial charge in [0.2, 0.25) is 0 Å². The molecule has 0 aromatic carbocycles. The molecule has 1 fully saturated rings. The Kier molecular flexibility index (Phi) is 1.92. The van der Waals surface area contributed by atoms with Crippen molar-refractivity contribution in [2.24, 2.45) is 16.8 Å². The Labute approximate surface area is 53.7 Å². The third kappa shape index (κ3) is 1.34. The summed E-state index contributed by atoms with van der Waals surface area (Å²) in [5.74, 6) is 0.459. The molecule has 0 amide bonds. The lowest BCUT2D eigenvalue weighted by Gasteiger charge is -2.31. The predicted molar refractivity (Wildman–Crippen MR) is 34.7 cm³/mol. The van der Waals surface area contributed by atoms with Crippen LogP contribution in [-0.4, -0.2) is 12.6 Å². The van der Waals surface area contributed by atoms with Crippen LogP contribution in [0.25, 0.3) is 10.4 Å². The van der Waals surface area contributed by atoms with Gasteiger partial charge in [0.1, 0.15) is 0 Å². The zero-order chi connectivity index (χ0) is 6.69. The van der Waals surface area contributed by atoms with E-state index in [-0.39, 0.29) is 6.04 Å². The Bertz CT molecular complexity index is 138. The molecule has 4 nitrogen and oxygen atoms in total. The molecule has 2 N–H and O–H groups in total. The maximum atomic E-state index is 7.94. The molecule has 1 aliphatic rings. The van der Waals surface area contributed by atoms with Crippen LogP contribution in [0.3, 0.4) is 0 Å². The van der Waals surface area contributed by atoms with Crippen molar-refractivity contribution < 1.29 is 0 Å². The van der Waals surface area contributed by atoms with E-state index in [1.54, 1.807) is 0 Å². The van der Waals surface area contributed by atoms with E-state index < -0.39 is 0 Å². The first-order chi connectivity index (χ1) is 4.34. The topological polar surface area (TPSA) is 74.8 Å². The molecule has 9 heavy (non-hydrogen) atoms. The molecule has 2 atom stereocenters. The third-order valence-corrected chi connectivity index (χ3v) is 1.86. The Balaban J connectivity index is 2.20. The Morgan fingerprint density at radius 1 is 1.67 bits per heavy atom. The van der Waals surface area contributed by atoms with E-state index in [4.69, 9.17) is 11.3 Å². The van der Waals surface area contributed by atoms with Gasteiger partial charge < -0.3 is 5.73 Å². The molecule has 0 unspecified atom stereocenters. The molecule has 0 aromatic heterocycles. The van der Waals surface area contributed by atoms with Crippen molar-refractivity contribution >= 4 is 0 Å². The summed E-state index contributed by atoms with van der Waals surface area (Å²) >= 11 is 0. The highest BCUT2D eigenvalue weighted by Crippen LogP contribution is 2.25. The Hall–Kier alpha value is -0.730. The van der Waals surface area contributed by atoms with Gasteiger partial charge >= 0.3 is 0 Å². The average Bonchev–Trinajstić information content (AvgIpc) is 1.86. The van der Waals surface area contributed by atoms with E-state index in [2.05, 4.69) is 10.0 Å². The van der Waals surface area contributed by atoms with Gasteiger partial charge in [-0.3, -0.25) is 0 Å². The minimum Gasteiger partial charge on any atom is -0.327 e. The van der Waals surface area contributed by atoms with Crippen molar-refractivity contribution in [1.29, 1.82) is 0 Å². The molecule has 4 heteroatoms. The number of nitrogens with zero attached hydrogens (tertiary/aromatic N) is 3. The number of nitrogens with two attached hydrogens (primary N) is 1. The first-order valence-corrected chi connectivity index (χ1v) is 3.11. The first-order valence-electron chi connectivity index (χ1n) is 3.11. The van der Waals surface area contributed by atoms with Gasteiger partial charge in [0, 0.05) is 17.5 Å². The fourth-order valence-electron chi connectivity index (χ4n) is 0.963. The summed E-state index contributed by atoms with van der Waals surface area (Å²) in [5, 5.41) is 3.44. The smallest absolute Gasteiger partial charge is 0.0301 e. The van der Waals surface area contributed by atoms with Gasteiger partial charge in [0.15, 0.2) is 0 Å². The van der Waals surface area contributed by atoms with Crippen LogP contribution in [0.2, 0.25) is 0 Å². The molecule has 0 spiro atoms. The summed E-state index contributed by atoms with van der Waals surface area (Å²) in [5.41, 5.74) is 13.5. The highest BCUT2D eigenvalue weighted by Gasteiger charge is 2.25. The van der Waals surface area contributed by atoms with Gasteiger partial charge in [-0.2, -0.15) is 0 Å². The van der Waals surface area contributed by atoms with Crippen molar-refractivity contribution in [3.8, 4) is 0 Å². The van der Waals surface area contributed by atoms with Crippen molar-refractivity contribution in [2.75, 3.05) is 6.54 Å². The number of rotatable bonds is 2. The van der Waals surface area contributed by atoms with Crippen LogP contribution >= 0.6 is 0 Å². The molecular weight excluding hydrogens is 116 g/mol. The van der Waals surface area contributed by atoms with Gasteiger partial charge in [0.05, 0.1) is 0 Å². The second-order valence-electron chi connectivity index (χ2n) is 2.41. The summed E-state index contributed by atoms with van der Waals surface area (Å²) in [6.07, 6.45) is 2.21. The minimum absolute atomic E-state index is 0.287. The van der Waals surface area contributed by atoms with Crippen LogP contribution in [-0.2, 0) is 0 Å². The summed E-state index contributed by atoms with van der Waals surface area (Å²) in [7, 11) is 0. The maximum Gasteiger partial charge on any atom is 0.0301 e. The molecular formula is C5H10N4. The minimum atomic E-state index is 0.287. The largest absolute Gasteiger partial charge is 0.327 e. The van der Waals surface area contributed by atoms with Crippen molar-refractivity contribution in [3.05, 3.63) is 10.4 Å². The summed E-state index contributed by atoms with van der Waals surface area (Å²) in [4.78, 5) is 2.66. The lowest BCUT2D eigenvalue weighted by Crippen LogP contribution is -2.40. The van der Waals surface area contributed by atoms with E-state index in [1.165, 1.54) is 0 Å². The van der Waals surface area contributed by atoms with E-state index >= 15 is 0 Å². The van der Waals surface area contributed by atoms with Crippen LogP contribution in [0.15, 0.2) is 5.11 Å². The van der Waals surface area contributed by atoms with Crippen LogP contribution < -0.4 is 5.73 Å². The highest BCUT2D eigenvalue weighted by atomic mass is 15.1. The van der Waals surface area contributed by atoms with Gasteiger partial charge in [-0.25, -0.2) is 0 Å². The van der Waals surface area contributed by atoms with Crippen molar-refractivity contribution in [2.45, 2.75) is 18.9 Å². The Morgan fingerprint density at radius 3 is 2.78 bits per heavy atom. The molecule has 0 heterocycles. The first kappa shape index (κ1) is 6.39. The fourth-order valence-corrected chi connectivity index (χ4v) is 0.963. The Morgan fingerprint density at radius 2 is 2.44 bits per heavy atom. The molecule has 0 aromatic rings. The van der Waals surface area contributed by atoms with Crippen molar-refractivity contribution in [1.82, 2.24) is 0 Å². The molecule has 0 aliphatic heterocycles. The van der Waals surface area contributed by atoms with E-state index in [0.717, 1.165) is 12.8 Å². The summed E-state index contributed by atoms with van der Waals surface area (Å²) in [6, 6.07) is 0.287. The monoisotopic (exact) mass is 126 g/mol. The van der Waals surface area contributed by atoms with Crippen LogP contribution in [0.1, 0.15) is 12.8 Å². The third-order valence-electron chi connectivity index (χ3n) is 1.86. The quantitative estimate of drug-likeness (QED) is 0.335. The molecule has 50 valence electrons. The number of azide groups is 1. The van der Waals surface area contributed by atoms with Gasteiger partial charge in [-0.1, -0.05) is 5.11 Å². The average molecular weight is 126 g/mol. The second kappa shape index (κ2) is 2.71.